The number of hydrogen-bond donors (Lipinski definition) is 1. The summed E-state index contributed by atoms with van der Waals surface area (Å²) in [4.78, 5) is 0. The Balaban J connectivity index is 1.89. The Morgan fingerprint density at radius 2 is 2.06 bits per heavy atom. The van der Waals surface area contributed by atoms with Crippen LogP contribution < -0.4 is 5.73 Å². The number of nitrogens with two attached hydrogens (primary N) is 1. The number of anilines is 1. The van der Waals surface area contributed by atoms with Crippen LogP contribution in [-0.4, -0.2) is 5.16 Å². The van der Waals surface area contributed by atoms with E-state index in [4.69, 9.17) is 10.3 Å². The first-order valence-electron chi connectivity index (χ1n) is 5.62. The van der Waals surface area contributed by atoms with Gasteiger partial charge in [-0.2, -0.15) is 0 Å². The Bertz CT molecular complexity index is 490. The van der Waals surface area contributed by atoms with E-state index < -0.39 is 0 Å². The molecule has 1 atom stereocenters. The lowest BCUT2D eigenvalue weighted by atomic mass is 9.83. The molecule has 1 aliphatic carbocycles. The number of fused-ring (bicyclic) bond motifs is 1. The molecule has 0 saturated carbocycles. The highest BCUT2D eigenvalue weighted by Gasteiger charge is 2.25. The normalized spacial score (nSPS) is 19.4. The van der Waals surface area contributed by atoms with Gasteiger partial charge in [0.2, 0.25) is 5.88 Å². The molecule has 3 rings (SSSR count). The van der Waals surface area contributed by atoms with Gasteiger partial charge < -0.3 is 10.3 Å². The monoisotopic (exact) mass is 214 g/mol. The number of hydrogen-bond acceptors (Lipinski definition) is 3. The highest BCUT2D eigenvalue weighted by molar-refractivity contribution is 5.42. The van der Waals surface area contributed by atoms with Gasteiger partial charge in [0.05, 0.1) is 5.69 Å². The van der Waals surface area contributed by atoms with E-state index in [1.54, 1.807) is 0 Å². The van der Waals surface area contributed by atoms with E-state index in [0.717, 1.165) is 30.5 Å². The molecule has 82 valence electrons. The standard InChI is InChI=1S/C13H14N2O/c14-13-11-7-6-10(8-12(11)15-16-13)9-4-2-1-3-5-9/h1-5,10H,6-8,14H2. The summed E-state index contributed by atoms with van der Waals surface area (Å²) in [5, 5.41) is 4.03. The zero-order valence-electron chi connectivity index (χ0n) is 9.02. The predicted octanol–water partition coefficient (Wildman–Crippen LogP) is 2.53. The van der Waals surface area contributed by atoms with Gasteiger partial charge in [-0.05, 0) is 24.3 Å². The number of nitrogens with zero attached hydrogens (tertiary/aromatic N) is 1. The summed E-state index contributed by atoms with van der Waals surface area (Å²) in [5.41, 5.74) is 9.26. The van der Waals surface area contributed by atoms with Crippen molar-refractivity contribution < 1.29 is 4.52 Å². The first kappa shape index (κ1) is 9.46. The molecule has 0 spiro atoms. The summed E-state index contributed by atoms with van der Waals surface area (Å²) >= 11 is 0. The molecule has 3 heteroatoms. The van der Waals surface area contributed by atoms with Crippen molar-refractivity contribution in [1.29, 1.82) is 0 Å². The third-order valence-electron chi connectivity index (χ3n) is 3.35. The molecule has 2 N–H and O–H groups in total. The molecular formula is C13H14N2O. The van der Waals surface area contributed by atoms with Crippen molar-refractivity contribution in [2.45, 2.75) is 25.2 Å². The van der Waals surface area contributed by atoms with Gasteiger partial charge in [0.25, 0.3) is 0 Å². The third kappa shape index (κ3) is 1.48. The summed E-state index contributed by atoms with van der Waals surface area (Å²) in [7, 11) is 0. The van der Waals surface area contributed by atoms with Crippen LogP contribution in [0.2, 0.25) is 0 Å². The molecule has 1 aromatic carbocycles. The fourth-order valence-electron chi connectivity index (χ4n) is 2.45. The van der Waals surface area contributed by atoms with Gasteiger partial charge >= 0.3 is 0 Å². The lowest BCUT2D eigenvalue weighted by molar-refractivity contribution is 0.424. The Morgan fingerprint density at radius 1 is 1.25 bits per heavy atom. The van der Waals surface area contributed by atoms with Crippen molar-refractivity contribution in [2.75, 3.05) is 5.73 Å². The van der Waals surface area contributed by atoms with Gasteiger partial charge in [-0.1, -0.05) is 35.5 Å². The predicted molar refractivity (Wildman–Crippen MR) is 62.1 cm³/mol. The molecule has 0 radical (unpaired) electrons. The number of benzene rings is 1. The molecule has 0 bridgehead atoms. The maximum absolute atomic E-state index is 5.72. The van der Waals surface area contributed by atoms with Gasteiger partial charge in [-0.3, -0.25) is 0 Å². The maximum Gasteiger partial charge on any atom is 0.225 e. The Kier molecular flexibility index (Phi) is 2.17. The van der Waals surface area contributed by atoms with Crippen LogP contribution in [0.15, 0.2) is 34.9 Å². The highest BCUT2D eigenvalue weighted by Crippen LogP contribution is 2.34. The van der Waals surface area contributed by atoms with E-state index in [0.29, 0.717) is 11.8 Å². The molecule has 1 aromatic heterocycles. The third-order valence-corrected chi connectivity index (χ3v) is 3.35. The second-order valence-electron chi connectivity index (χ2n) is 4.32. The van der Waals surface area contributed by atoms with Crippen molar-refractivity contribution >= 4 is 5.88 Å². The van der Waals surface area contributed by atoms with Gasteiger partial charge in [-0.15, -0.1) is 0 Å². The summed E-state index contributed by atoms with van der Waals surface area (Å²) in [6, 6.07) is 10.6. The quantitative estimate of drug-likeness (QED) is 0.793. The summed E-state index contributed by atoms with van der Waals surface area (Å²) < 4.78 is 5.03. The van der Waals surface area contributed by atoms with E-state index >= 15 is 0 Å². The molecule has 2 aromatic rings. The number of rotatable bonds is 1. The zero-order valence-corrected chi connectivity index (χ0v) is 9.02. The molecule has 1 aliphatic rings. The lowest BCUT2D eigenvalue weighted by Crippen LogP contribution is -2.12. The fraction of sp³-hybridized carbons (Fsp3) is 0.308. The van der Waals surface area contributed by atoms with Crippen LogP contribution in [0.3, 0.4) is 0 Å². The molecule has 0 amide bonds. The minimum Gasteiger partial charge on any atom is -0.367 e. The van der Waals surface area contributed by atoms with Crippen molar-refractivity contribution in [3.8, 4) is 0 Å². The van der Waals surface area contributed by atoms with Crippen LogP contribution in [-0.2, 0) is 12.8 Å². The number of nitrogen functional groups attached to an aromatic ring is 1. The summed E-state index contributed by atoms with van der Waals surface area (Å²) in [6.07, 6.45) is 3.05. The van der Waals surface area contributed by atoms with E-state index in [1.807, 2.05) is 6.07 Å². The van der Waals surface area contributed by atoms with Gasteiger partial charge in [0.1, 0.15) is 0 Å². The first-order valence-corrected chi connectivity index (χ1v) is 5.62. The molecule has 0 aliphatic heterocycles. The first-order chi connectivity index (χ1) is 7.84. The average molecular weight is 214 g/mol. The van der Waals surface area contributed by atoms with Crippen molar-refractivity contribution in [1.82, 2.24) is 5.16 Å². The summed E-state index contributed by atoms with van der Waals surface area (Å²) in [6.45, 7) is 0. The number of aromatic nitrogens is 1. The van der Waals surface area contributed by atoms with Crippen molar-refractivity contribution in [3.63, 3.8) is 0 Å². The van der Waals surface area contributed by atoms with Crippen molar-refractivity contribution in [3.05, 3.63) is 47.2 Å². The molecular weight excluding hydrogens is 200 g/mol. The molecule has 0 saturated heterocycles. The van der Waals surface area contributed by atoms with E-state index in [-0.39, 0.29) is 0 Å². The Hall–Kier alpha value is -1.77. The highest BCUT2D eigenvalue weighted by atomic mass is 16.5. The van der Waals surface area contributed by atoms with Crippen LogP contribution >= 0.6 is 0 Å². The second-order valence-corrected chi connectivity index (χ2v) is 4.32. The Labute approximate surface area is 94.2 Å². The molecule has 1 unspecified atom stereocenters. The summed E-state index contributed by atoms with van der Waals surface area (Å²) in [5.74, 6) is 1.06. The smallest absolute Gasteiger partial charge is 0.225 e. The minimum absolute atomic E-state index is 0.501. The van der Waals surface area contributed by atoms with Crippen LogP contribution in [0.1, 0.15) is 29.2 Å². The largest absolute Gasteiger partial charge is 0.367 e. The minimum atomic E-state index is 0.501. The lowest BCUT2D eigenvalue weighted by Gasteiger charge is -2.20. The average Bonchev–Trinajstić information content (AvgIpc) is 2.72. The molecule has 3 nitrogen and oxygen atoms in total. The fourth-order valence-corrected chi connectivity index (χ4v) is 2.45. The van der Waals surface area contributed by atoms with Gasteiger partial charge in [-0.25, -0.2) is 0 Å². The topological polar surface area (TPSA) is 52.0 Å². The molecule has 0 fully saturated rings. The Morgan fingerprint density at radius 3 is 2.88 bits per heavy atom. The van der Waals surface area contributed by atoms with Crippen LogP contribution in [0.4, 0.5) is 5.88 Å². The second kappa shape index (κ2) is 3.67. The van der Waals surface area contributed by atoms with Crippen molar-refractivity contribution in [2.24, 2.45) is 0 Å². The maximum atomic E-state index is 5.72. The van der Waals surface area contributed by atoms with Gasteiger partial charge in [0, 0.05) is 12.0 Å². The van der Waals surface area contributed by atoms with Crippen LogP contribution in [0.5, 0.6) is 0 Å². The van der Waals surface area contributed by atoms with E-state index in [9.17, 15) is 0 Å². The zero-order chi connectivity index (χ0) is 11.0. The van der Waals surface area contributed by atoms with Crippen LogP contribution in [0, 0.1) is 0 Å². The van der Waals surface area contributed by atoms with E-state index in [2.05, 4.69) is 29.4 Å². The van der Waals surface area contributed by atoms with Gasteiger partial charge in [0.15, 0.2) is 0 Å². The molecule has 16 heavy (non-hydrogen) atoms. The van der Waals surface area contributed by atoms with Crippen LogP contribution in [0.25, 0.3) is 0 Å². The SMILES string of the molecule is Nc1onc2c1CCC(c1ccccc1)C2. The molecule has 1 heterocycles. The van der Waals surface area contributed by atoms with E-state index in [1.165, 1.54) is 5.56 Å².